The fraction of sp³-hybridized carbons (Fsp3) is 0.409. The van der Waals surface area contributed by atoms with E-state index in [1.807, 2.05) is 0 Å². The van der Waals surface area contributed by atoms with Gasteiger partial charge in [0.15, 0.2) is 11.4 Å². The van der Waals surface area contributed by atoms with Crippen molar-refractivity contribution >= 4 is 23.2 Å². The van der Waals surface area contributed by atoms with Gasteiger partial charge in [-0.1, -0.05) is 6.07 Å². The maximum atomic E-state index is 13.6. The normalized spacial score (nSPS) is 29.7. The molecule has 4 unspecified atom stereocenters. The van der Waals surface area contributed by atoms with Crippen molar-refractivity contribution in [2.45, 2.75) is 31.1 Å². The lowest BCUT2D eigenvalue weighted by Gasteiger charge is -2.50. The minimum atomic E-state index is -2.66. The molecule has 1 amide bonds. The van der Waals surface area contributed by atoms with E-state index in [-0.39, 0.29) is 36.3 Å². The monoisotopic (exact) mass is 444 g/mol. The van der Waals surface area contributed by atoms with Gasteiger partial charge in [0.25, 0.3) is 5.91 Å². The number of phenolic OH excluding ortho intramolecular Hbond substituents is 1. The lowest BCUT2D eigenvalue weighted by Crippen LogP contribution is -2.65. The molecule has 3 aliphatic carbocycles. The van der Waals surface area contributed by atoms with E-state index >= 15 is 0 Å². The number of hydrogen-bond donors (Lipinski definition) is 6. The van der Waals surface area contributed by atoms with Crippen molar-refractivity contribution in [1.82, 2.24) is 4.90 Å². The molecule has 0 heterocycles. The number of ketones is 2. The standard InChI is InChI=1S/C22H24N2O8/c1-24(2)16-11-6-9-5-10-8(7-25)3-4-12(26)14(10)17(27)13(9)19(29)22(11,32)20(30)15(18(16)28)21(23)31/h3-4,9,11,16,25-27,30,32H,5-7H2,1-2H3,(H2,23,31). The van der Waals surface area contributed by atoms with Crippen LogP contribution >= 0.6 is 0 Å². The highest BCUT2D eigenvalue weighted by atomic mass is 16.3. The van der Waals surface area contributed by atoms with Crippen molar-refractivity contribution in [2.24, 2.45) is 17.6 Å². The molecule has 32 heavy (non-hydrogen) atoms. The van der Waals surface area contributed by atoms with Gasteiger partial charge >= 0.3 is 0 Å². The third kappa shape index (κ3) is 2.66. The van der Waals surface area contributed by atoms with Crippen LogP contribution in [0, 0.1) is 11.8 Å². The average molecular weight is 444 g/mol. The number of nitrogens with zero attached hydrogens (tertiary/aromatic N) is 1. The molecule has 3 aliphatic rings. The summed E-state index contributed by atoms with van der Waals surface area (Å²) < 4.78 is 0. The number of aliphatic hydroxyl groups is 4. The van der Waals surface area contributed by atoms with Gasteiger partial charge in [-0.05, 0) is 50.0 Å². The Hall–Kier alpha value is -3.21. The fourth-order valence-electron chi connectivity index (χ4n) is 5.46. The largest absolute Gasteiger partial charge is 0.508 e. The van der Waals surface area contributed by atoms with Gasteiger partial charge in [-0.25, -0.2) is 0 Å². The van der Waals surface area contributed by atoms with Crippen LogP contribution in [-0.2, 0) is 27.4 Å². The SMILES string of the molecule is CN(C)C1C(=O)C(C(N)=O)=C(O)C2(O)C(=O)C3=C(O)c4c(O)ccc(CO)c4CC3CC12. The summed E-state index contributed by atoms with van der Waals surface area (Å²) in [6.45, 7) is -0.358. The van der Waals surface area contributed by atoms with Crippen LogP contribution in [0.25, 0.3) is 5.76 Å². The van der Waals surface area contributed by atoms with Crippen molar-refractivity contribution in [3.05, 3.63) is 45.7 Å². The number of nitrogens with two attached hydrogens (primary N) is 1. The molecule has 1 aromatic carbocycles. The predicted octanol–water partition coefficient (Wildman–Crippen LogP) is -0.544. The Labute approximate surface area is 182 Å². The van der Waals surface area contributed by atoms with Crippen molar-refractivity contribution in [1.29, 1.82) is 0 Å². The second-order valence-corrected chi connectivity index (χ2v) is 8.72. The quantitative estimate of drug-likeness (QED) is 0.333. The summed E-state index contributed by atoms with van der Waals surface area (Å²) in [5, 5.41) is 53.2. The number of aromatic hydroxyl groups is 1. The zero-order chi connectivity index (χ0) is 23.7. The van der Waals surface area contributed by atoms with Crippen LogP contribution < -0.4 is 5.73 Å². The lowest BCUT2D eigenvalue weighted by molar-refractivity contribution is -0.153. The van der Waals surface area contributed by atoms with Gasteiger partial charge in [0.05, 0.1) is 18.2 Å². The van der Waals surface area contributed by atoms with Crippen molar-refractivity contribution in [3.8, 4) is 5.75 Å². The predicted molar refractivity (Wildman–Crippen MR) is 110 cm³/mol. The summed E-state index contributed by atoms with van der Waals surface area (Å²) in [5.41, 5.74) is 2.43. The van der Waals surface area contributed by atoms with Crippen LogP contribution in [0.2, 0.25) is 0 Å². The fourth-order valence-corrected chi connectivity index (χ4v) is 5.46. The molecule has 1 saturated carbocycles. The van der Waals surface area contributed by atoms with Crippen LogP contribution in [0.5, 0.6) is 5.75 Å². The Kier molecular flexibility index (Phi) is 4.92. The van der Waals surface area contributed by atoms with Gasteiger partial charge in [-0.2, -0.15) is 0 Å². The molecule has 10 heteroatoms. The van der Waals surface area contributed by atoms with Crippen LogP contribution in [0.1, 0.15) is 23.1 Å². The first-order valence-electron chi connectivity index (χ1n) is 10.1. The molecular formula is C22H24N2O8. The summed E-state index contributed by atoms with van der Waals surface area (Å²) >= 11 is 0. The van der Waals surface area contributed by atoms with Gasteiger partial charge in [-0.15, -0.1) is 0 Å². The Morgan fingerprint density at radius 1 is 1.22 bits per heavy atom. The second-order valence-electron chi connectivity index (χ2n) is 8.72. The van der Waals surface area contributed by atoms with Gasteiger partial charge in [0, 0.05) is 11.5 Å². The number of phenols is 1. The first-order valence-corrected chi connectivity index (χ1v) is 10.1. The lowest BCUT2D eigenvalue weighted by atomic mass is 9.57. The topological polar surface area (TPSA) is 182 Å². The summed E-state index contributed by atoms with van der Waals surface area (Å²) in [4.78, 5) is 39.9. The van der Waals surface area contributed by atoms with Crippen molar-refractivity contribution in [3.63, 3.8) is 0 Å². The molecule has 7 N–H and O–H groups in total. The van der Waals surface area contributed by atoms with Gasteiger partial charge in [-0.3, -0.25) is 19.3 Å². The number of carbonyl (C=O) groups is 3. The van der Waals surface area contributed by atoms with E-state index in [0.717, 1.165) is 0 Å². The number of fused-ring (bicyclic) bond motifs is 3. The number of aliphatic hydroxyl groups excluding tert-OH is 3. The van der Waals surface area contributed by atoms with Crippen LogP contribution in [0.4, 0.5) is 0 Å². The maximum absolute atomic E-state index is 13.6. The zero-order valence-electron chi connectivity index (χ0n) is 17.5. The number of amides is 1. The molecule has 0 aliphatic heterocycles. The number of primary amides is 1. The highest BCUT2D eigenvalue weighted by Crippen LogP contribution is 2.52. The van der Waals surface area contributed by atoms with E-state index in [1.165, 1.54) is 31.1 Å². The molecule has 0 radical (unpaired) electrons. The number of Topliss-reactive ketones (excluding diaryl/α,β-unsaturated/α-hetero) is 2. The summed E-state index contributed by atoms with van der Waals surface area (Å²) in [7, 11) is 3.07. The summed E-state index contributed by atoms with van der Waals surface area (Å²) in [6, 6.07) is 1.65. The molecule has 0 aromatic heterocycles. The van der Waals surface area contributed by atoms with Crippen LogP contribution in [-0.4, -0.2) is 73.6 Å². The summed E-state index contributed by atoms with van der Waals surface area (Å²) in [5.74, 6) is -6.95. The number of benzene rings is 1. The van der Waals surface area contributed by atoms with Crippen molar-refractivity contribution in [2.75, 3.05) is 14.1 Å². The Morgan fingerprint density at radius 2 is 1.88 bits per heavy atom. The maximum Gasteiger partial charge on any atom is 0.255 e. The molecule has 4 rings (SSSR count). The Balaban J connectivity index is 1.99. The highest BCUT2D eigenvalue weighted by molar-refractivity contribution is 6.24. The molecule has 0 saturated heterocycles. The summed E-state index contributed by atoms with van der Waals surface area (Å²) in [6.07, 6.45) is 0.158. The molecule has 0 spiro atoms. The average Bonchev–Trinajstić information content (AvgIpc) is 2.70. The third-order valence-corrected chi connectivity index (χ3v) is 6.87. The van der Waals surface area contributed by atoms with Gasteiger partial charge in [0.1, 0.15) is 22.8 Å². The molecule has 0 bridgehead atoms. The van der Waals surface area contributed by atoms with Crippen LogP contribution in [0.15, 0.2) is 29.0 Å². The second kappa shape index (κ2) is 7.16. The minimum absolute atomic E-state index is 0.00624. The molecule has 1 aromatic rings. The molecule has 4 atom stereocenters. The number of carbonyl (C=O) groups excluding carboxylic acids is 3. The Morgan fingerprint density at radius 3 is 2.44 bits per heavy atom. The van der Waals surface area contributed by atoms with E-state index < -0.39 is 58.0 Å². The van der Waals surface area contributed by atoms with E-state index in [2.05, 4.69) is 0 Å². The number of likely N-dealkylation sites (N-methyl/N-ethyl adjacent to an activating group) is 1. The number of hydrogen-bond acceptors (Lipinski definition) is 9. The zero-order valence-corrected chi connectivity index (χ0v) is 17.5. The van der Waals surface area contributed by atoms with E-state index in [0.29, 0.717) is 11.1 Å². The Bertz CT molecular complexity index is 1130. The molecule has 170 valence electrons. The van der Waals surface area contributed by atoms with E-state index in [9.17, 15) is 39.9 Å². The molecule has 1 fully saturated rings. The third-order valence-electron chi connectivity index (χ3n) is 6.87. The number of rotatable bonds is 3. The first kappa shape index (κ1) is 22.0. The molecule has 10 nitrogen and oxygen atoms in total. The van der Waals surface area contributed by atoms with Crippen LogP contribution in [0.3, 0.4) is 0 Å². The highest BCUT2D eigenvalue weighted by Gasteiger charge is 2.64. The minimum Gasteiger partial charge on any atom is -0.508 e. The van der Waals surface area contributed by atoms with Gasteiger partial charge in [0.2, 0.25) is 5.78 Å². The van der Waals surface area contributed by atoms with Gasteiger partial charge < -0.3 is 31.3 Å². The van der Waals surface area contributed by atoms with E-state index in [1.54, 1.807) is 0 Å². The van der Waals surface area contributed by atoms with E-state index in [4.69, 9.17) is 5.73 Å². The smallest absolute Gasteiger partial charge is 0.255 e. The van der Waals surface area contributed by atoms with Crippen molar-refractivity contribution < 1.29 is 39.9 Å². The molecular weight excluding hydrogens is 420 g/mol. The first-order chi connectivity index (χ1) is 15.0.